The van der Waals surface area contributed by atoms with E-state index in [1.807, 2.05) is 47.2 Å². The van der Waals surface area contributed by atoms with Gasteiger partial charge in [0.1, 0.15) is 6.61 Å². The molecule has 3 rings (SSSR count). The van der Waals surface area contributed by atoms with Gasteiger partial charge in [0.05, 0.1) is 5.92 Å². The molecule has 0 N–H and O–H groups in total. The number of likely N-dealkylation sites (N-methyl/N-ethyl adjacent to an activating group) is 1. The van der Waals surface area contributed by atoms with Crippen LogP contribution in [0, 0.1) is 0 Å². The summed E-state index contributed by atoms with van der Waals surface area (Å²) < 4.78 is 5.46. The summed E-state index contributed by atoms with van der Waals surface area (Å²) in [5.74, 6) is 0.224. The molecule has 0 aromatic heterocycles. The normalized spacial score (nSPS) is 22.2. The third-order valence-corrected chi connectivity index (χ3v) is 6.04. The van der Waals surface area contributed by atoms with E-state index in [2.05, 4.69) is 6.92 Å². The molecular formula is C21H30N2O3. The Kier molecular flexibility index (Phi) is 5.97. The fourth-order valence-corrected chi connectivity index (χ4v) is 4.23. The molecule has 2 fully saturated rings. The molecule has 1 atom stereocenters. The summed E-state index contributed by atoms with van der Waals surface area (Å²) in [6.45, 7) is 4.34. The van der Waals surface area contributed by atoms with Crippen molar-refractivity contribution in [3.8, 4) is 0 Å². The quantitative estimate of drug-likeness (QED) is 0.735. The van der Waals surface area contributed by atoms with Crippen LogP contribution >= 0.6 is 0 Å². The van der Waals surface area contributed by atoms with E-state index in [9.17, 15) is 9.59 Å². The van der Waals surface area contributed by atoms with E-state index in [-0.39, 0.29) is 29.9 Å². The van der Waals surface area contributed by atoms with Crippen LogP contribution in [0.5, 0.6) is 0 Å². The van der Waals surface area contributed by atoms with Crippen molar-refractivity contribution < 1.29 is 14.3 Å². The number of rotatable bonds is 6. The van der Waals surface area contributed by atoms with E-state index in [1.54, 1.807) is 0 Å². The van der Waals surface area contributed by atoms with Crippen LogP contribution in [-0.2, 0) is 14.3 Å². The van der Waals surface area contributed by atoms with Crippen LogP contribution in [0.2, 0.25) is 0 Å². The van der Waals surface area contributed by atoms with E-state index >= 15 is 0 Å². The number of hydrogen-bond donors (Lipinski definition) is 0. The molecule has 2 aliphatic rings. The first kappa shape index (κ1) is 18.9. The van der Waals surface area contributed by atoms with Gasteiger partial charge in [-0.2, -0.15) is 0 Å². The number of hydrogen-bond acceptors (Lipinski definition) is 3. The summed E-state index contributed by atoms with van der Waals surface area (Å²) in [5.41, 5.74) is 0.987. The van der Waals surface area contributed by atoms with Crippen molar-refractivity contribution in [2.75, 3.05) is 33.4 Å². The first-order chi connectivity index (χ1) is 12.6. The van der Waals surface area contributed by atoms with E-state index < -0.39 is 0 Å². The molecule has 0 saturated carbocycles. The van der Waals surface area contributed by atoms with Crippen LogP contribution in [-0.4, -0.2) is 60.5 Å². The van der Waals surface area contributed by atoms with Gasteiger partial charge < -0.3 is 14.5 Å². The minimum absolute atomic E-state index is 0.0548. The van der Waals surface area contributed by atoms with Crippen LogP contribution in [0.3, 0.4) is 0 Å². The molecule has 2 heterocycles. The summed E-state index contributed by atoms with van der Waals surface area (Å²) in [4.78, 5) is 29.0. The number of amides is 2. The Bertz CT molecular complexity index is 623. The second-order valence-corrected chi connectivity index (χ2v) is 7.58. The van der Waals surface area contributed by atoms with Gasteiger partial charge in [-0.1, -0.05) is 43.7 Å². The van der Waals surface area contributed by atoms with Crippen LogP contribution < -0.4 is 0 Å². The molecule has 1 aromatic rings. The fourth-order valence-electron chi connectivity index (χ4n) is 4.23. The van der Waals surface area contributed by atoms with Crippen LogP contribution in [0.25, 0.3) is 0 Å². The molecule has 1 unspecified atom stereocenters. The number of ether oxygens (including phenoxy) is 1. The van der Waals surface area contributed by atoms with Gasteiger partial charge in [0.15, 0.2) is 0 Å². The summed E-state index contributed by atoms with van der Waals surface area (Å²) in [6, 6.07) is 10.1. The van der Waals surface area contributed by atoms with Crippen molar-refractivity contribution in [2.24, 2.45) is 0 Å². The lowest BCUT2D eigenvalue weighted by molar-refractivity contribution is -0.139. The number of carbonyl (C=O) groups is 2. The Labute approximate surface area is 156 Å². The second-order valence-electron chi connectivity index (χ2n) is 7.58. The van der Waals surface area contributed by atoms with Crippen molar-refractivity contribution in [3.05, 3.63) is 35.9 Å². The van der Waals surface area contributed by atoms with Crippen molar-refractivity contribution in [1.29, 1.82) is 0 Å². The molecule has 0 radical (unpaired) electrons. The van der Waals surface area contributed by atoms with Gasteiger partial charge in [-0.25, -0.2) is 0 Å². The van der Waals surface area contributed by atoms with Crippen LogP contribution in [0.15, 0.2) is 30.3 Å². The van der Waals surface area contributed by atoms with Gasteiger partial charge in [0.25, 0.3) is 0 Å². The molecule has 5 nitrogen and oxygen atoms in total. The maximum atomic E-state index is 12.8. The predicted octanol–water partition coefficient (Wildman–Crippen LogP) is 2.81. The number of piperidine rings is 1. The highest BCUT2D eigenvalue weighted by Gasteiger charge is 2.50. The van der Waals surface area contributed by atoms with Crippen LogP contribution in [0.4, 0.5) is 0 Å². The van der Waals surface area contributed by atoms with Crippen molar-refractivity contribution >= 4 is 11.8 Å². The highest BCUT2D eigenvalue weighted by molar-refractivity contribution is 5.87. The summed E-state index contributed by atoms with van der Waals surface area (Å²) in [6.07, 6.45) is 4.60. The average molecular weight is 358 g/mol. The number of carbonyl (C=O) groups excluding carboxylic acids is 2. The van der Waals surface area contributed by atoms with Gasteiger partial charge in [-0.05, 0) is 31.2 Å². The van der Waals surface area contributed by atoms with E-state index in [1.165, 1.54) is 0 Å². The Morgan fingerprint density at radius 1 is 1.23 bits per heavy atom. The van der Waals surface area contributed by atoms with Gasteiger partial charge in [-0.3, -0.25) is 9.59 Å². The maximum Gasteiger partial charge on any atom is 0.248 e. The zero-order chi connectivity index (χ0) is 18.6. The molecule has 26 heavy (non-hydrogen) atoms. The molecule has 2 saturated heterocycles. The monoisotopic (exact) mass is 358 g/mol. The number of benzene rings is 1. The Morgan fingerprint density at radius 3 is 2.58 bits per heavy atom. The lowest BCUT2D eigenvalue weighted by Crippen LogP contribution is -2.53. The molecule has 5 heteroatoms. The smallest absolute Gasteiger partial charge is 0.248 e. The molecule has 2 aliphatic heterocycles. The van der Waals surface area contributed by atoms with Gasteiger partial charge in [0, 0.05) is 32.3 Å². The first-order valence-electron chi connectivity index (χ1n) is 9.75. The van der Waals surface area contributed by atoms with Gasteiger partial charge in [0.2, 0.25) is 11.8 Å². The molecule has 142 valence electrons. The second kappa shape index (κ2) is 8.21. The fraction of sp³-hybridized carbons (Fsp3) is 0.619. The number of nitrogens with zero attached hydrogens (tertiary/aromatic N) is 2. The highest BCUT2D eigenvalue weighted by Crippen LogP contribution is 2.44. The zero-order valence-electron chi connectivity index (χ0n) is 15.9. The third-order valence-electron chi connectivity index (χ3n) is 6.04. The van der Waals surface area contributed by atoms with Crippen molar-refractivity contribution in [1.82, 2.24) is 9.80 Å². The van der Waals surface area contributed by atoms with Gasteiger partial charge >= 0.3 is 0 Å². The van der Waals surface area contributed by atoms with Crippen LogP contribution in [0.1, 0.15) is 50.5 Å². The lowest BCUT2D eigenvalue weighted by atomic mass is 9.81. The minimum atomic E-state index is -0.114. The SMILES string of the molecule is CCCCOCC(=O)N1CCC2(CC1)CC(c1ccccc1)C(=O)N2C. The summed E-state index contributed by atoms with van der Waals surface area (Å²) in [7, 11) is 1.93. The van der Waals surface area contributed by atoms with Crippen molar-refractivity contribution in [2.45, 2.75) is 50.5 Å². The largest absolute Gasteiger partial charge is 0.372 e. The predicted molar refractivity (Wildman–Crippen MR) is 101 cm³/mol. The summed E-state index contributed by atoms with van der Waals surface area (Å²) >= 11 is 0. The third kappa shape index (κ3) is 3.78. The van der Waals surface area contributed by atoms with Crippen molar-refractivity contribution in [3.63, 3.8) is 0 Å². The average Bonchev–Trinajstić information content (AvgIpc) is 2.92. The lowest BCUT2D eigenvalue weighted by Gasteiger charge is -2.43. The molecule has 0 aliphatic carbocycles. The maximum absolute atomic E-state index is 12.8. The number of unbranched alkanes of at least 4 members (excludes halogenated alkanes) is 1. The zero-order valence-corrected chi connectivity index (χ0v) is 15.9. The Hall–Kier alpha value is -1.88. The van der Waals surface area contributed by atoms with E-state index in [0.717, 1.165) is 37.7 Å². The molecule has 1 spiro atoms. The van der Waals surface area contributed by atoms with E-state index in [4.69, 9.17) is 4.74 Å². The van der Waals surface area contributed by atoms with E-state index in [0.29, 0.717) is 19.7 Å². The summed E-state index contributed by atoms with van der Waals surface area (Å²) in [5, 5.41) is 0. The molecular weight excluding hydrogens is 328 g/mol. The molecule has 0 bridgehead atoms. The standard InChI is InChI=1S/C21H30N2O3/c1-3-4-14-26-16-19(24)23-12-10-21(11-13-23)15-18(20(25)22(21)2)17-8-6-5-7-9-17/h5-9,18H,3-4,10-16H2,1-2H3. The highest BCUT2D eigenvalue weighted by atomic mass is 16.5. The molecule has 1 aromatic carbocycles. The number of likely N-dealkylation sites (tertiary alicyclic amines) is 2. The topological polar surface area (TPSA) is 49.9 Å². The Balaban J connectivity index is 1.58. The van der Waals surface area contributed by atoms with Gasteiger partial charge in [-0.15, -0.1) is 0 Å². The Morgan fingerprint density at radius 2 is 1.92 bits per heavy atom. The molecule has 2 amide bonds. The minimum Gasteiger partial charge on any atom is -0.372 e. The first-order valence-corrected chi connectivity index (χ1v) is 9.75.